The van der Waals surface area contributed by atoms with Crippen molar-refractivity contribution in [3.63, 3.8) is 0 Å². The van der Waals surface area contributed by atoms with Crippen LogP contribution in [0.3, 0.4) is 0 Å². The first-order valence-electron chi connectivity index (χ1n) is 6.96. The van der Waals surface area contributed by atoms with Crippen molar-refractivity contribution in [3.8, 4) is 0 Å². The Labute approximate surface area is 112 Å². The number of piperidine rings is 1. The van der Waals surface area contributed by atoms with Crippen LogP contribution in [0.15, 0.2) is 0 Å². The van der Waals surface area contributed by atoms with Crippen LogP contribution in [0, 0.1) is 5.92 Å². The van der Waals surface area contributed by atoms with E-state index in [1.807, 2.05) is 4.90 Å². The highest BCUT2D eigenvalue weighted by Crippen LogP contribution is 2.37. The van der Waals surface area contributed by atoms with Gasteiger partial charge in [0.2, 0.25) is 5.92 Å². The van der Waals surface area contributed by atoms with E-state index in [1.54, 1.807) is 6.92 Å². The average Bonchev–Trinajstić information content (AvgIpc) is 2.36. The smallest absolute Gasteiger partial charge is 0.248 e. The van der Waals surface area contributed by atoms with Gasteiger partial charge in [0.15, 0.2) is 0 Å². The maximum atomic E-state index is 13.1. The molecule has 6 heteroatoms. The molecule has 0 unspecified atom stereocenters. The summed E-state index contributed by atoms with van der Waals surface area (Å²) in [5.74, 6) is -2.35. The summed E-state index contributed by atoms with van der Waals surface area (Å²) in [6, 6.07) is -0.263. The monoisotopic (exact) mass is 279 g/mol. The number of likely N-dealkylation sites (tertiary alicyclic amines) is 1. The van der Waals surface area contributed by atoms with Crippen molar-refractivity contribution in [2.24, 2.45) is 5.92 Å². The number of rotatable bonds is 2. The third kappa shape index (κ3) is 3.42. The molecule has 1 saturated heterocycles. The van der Waals surface area contributed by atoms with E-state index >= 15 is 0 Å². The molecule has 0 bridgehead atoms. The molecule has 0 spiro atoms. The lowest BCUT2D eigenvalue weighted by Crippen LogP contribution is -2.61. The summed E-state index contributed by atoms with van der Waals surface area (Å²) < 4.78 is 26.2. The highest BCUT2D eigenvalue weighted by molar-refractivity contribution is 4.93. The van der Waals surface area contributed by atoms with Crippen molar-refractivity contribution in [1.82, 2.24) is 4.90 Å². The molecular formula is C13H23F2NO3. The summed E-state index contributed by atoms with van der Waals surface area (Å²) in [7, 11) is 0. The van der Waals surface area contributed by atoms with Crippen LogP contribution in [-0.4, -0.2) is 63.6 Å². The van der Waals surface area contributed by atoms with E-state index in [9.17, 15) is 24.1 Å². The first-order valence-corrected chi connectivity index (χ1v) is 6.96. The van der Waals surface area contributed by atoms with Gasteiger partial charge < -0.3 is 15.3 Å². The standard InChI is InChI=1S/C13H23F2NO3/c1-8-11(18)12(19)10(17)7-16(8)6-9-2-4-13(14,15)5-3-9/h8-12,17-19H,2-7H2,1H3/t8-,10+,11-,12-/m1/s1. The molecule has 2 fully saturated rings. The number of aliphatic hydroxyl groups excluding tert-OH is 3. The molecule has 4 atom stereocenters. The van der Waals surface area contributed by atoms with Crippen LogP contribution < -0.4 is 0 Å². The van der Waals surface area contributed by atoms with Gasteiger partial charge in [-0.1, -0.05) is 0 Å². The van der Waals surface area contributed by atoms with E-state index in [0.29, 0.717) is 19.4 Å². The number of alkyl halides is 2. The van der Waals surface area contributed by atoms with E-state index in [2.05, 4.69) is 0 Å². The minimum Gasteiger partial charge on any atom is -0.389 e. The van der Waals surface area contributed by atoms with Gasteiger partial charge in [0, 0.05) is 32.0 Å². The van der Waals surface area contributed by atoms with Gasteiger partial charge >= 0.3 is 0 Å². The zero-order chi connectivity index (χ0) is 14.2. The first kappa shape index (κ1) is 15.1. The van der Waals surface area contributed by atoms with Crippen LogP contribution in [0.5, 0.6) is 0 Å². The summed E-state index contributed by atoms with van der Waals surface area (Å²) in [5, 5.41) is 29.1. The number of aliphatic hydroxyl groups is 3. The molecule has 0 radical (unpaired) electrons. The molecule has 112 valence electrons. The molecule has 2 rings (SSSR count). The Morgan fingerprint density at radius 3 is 2.26 bits per heavy atom. The second-order valence-corrected chi connectivity index (χ2v) is 6.04. The summed E-state index contributed by atoms with van der Waals surface area (Å²) in [5.41, 5.74) is 0. The summed E-state index contributed by atoms with van der Waals surface area (Å²) in [6.45, 7) is 2.67. The second-order valence-electron chi connectivity index (χ2n) is 6.04. The van der Waals surface area contributed by atoms with Crippen molar-refractivity contribution in [3.05, 3.63) is 0 Å². The van der Waals surface area contributed by atoms with Gasteiger partial charge in [-0.25, -0.2) is 8.78 Å². The van der Waals surface area contributed by atoms with Crippen molar-refractivity contribution >= 4 is 0 Å². The van der Waals surface area contributed by atoms with Gasteiger partial charge in [-0.3, -0.25) is 4.90 Å². The normalized spacial score (nSPS) is 41.4. The van der Waals surface area contributed by atoms with Gasteiger partial charge in [-0.2, -0.15) is 0 Å². The van der Waals surface area contributed by atoms with Crippen LogP contribution in [0.4, 0.5) is 8.78 Å². The molecule has 4 nitrogen and oxygen atoms in total. The molecule has 19 heavy (non-hydrogen) atoms. The molecule has 1 saturated carbocycles. The van der Waals surface area contributed by atoms with Crippen molar-refractivity contribution < 1.29 is 24.1 Å². The van der Waals surface area contributed by atoms with Crippen molar-refractivity contribution in [2.75, 3.05) is 13.1 Å². The zero-order valence-corrected chi connectivity index (χ0v) is 11.2. The average molecular weight is 279 g/mol. The Balaban J connectivity index is 1.89. The molecule has 1 aliphatic carbocycles. The van der Waals surface area contributed by atoms with Gasteiger partial charge in [0.25, 0.3) is 0 Å². The van der Waals surface area contributed by atoms with Crippen molar-refractivity contribution in [1.29, 1.82) is 0 Å². The van der Waals surface area contributed by atoms with Crippen LogP contribution in [0.1, 0.15) is 32.6 Å². The van der Waals surface area contributed by atoms with Gasteiger partial charge in [0.1, 0.15) is 6.10 Å². The highest BCUT2D eigenvalue weighted by atomic mass is 19.3. The molecule has 0 aromatic heterocycles. The predicted octanol–water partition coefficient (Wildman–Crippen LogP) is 0.599. The molecule has 0 aromatic rings. The lowest BCUT2D eigenvalue weighted by molar-refractivity contribution is -0.138. The minimum atomic E-state index is -2.53. The maximum Gasteiger partial charge on any atom is 0.248 e. The topological polar surface area (TPSA) is 63.9 Å². The Kier molecular flexibility index (Phi) is 4.45. The fraction of sp³-hybridized carbons (Fsp3) is 1.00. The summed E-state index contributed by atoms with van der Waals surface area (Å²) in [4.78, 5) is 1.90. The molecular weight excluding hydrogens is 256 g/mol. The van der Waals surface area contributed by atoms with E-state index in [4.69, 9.17) is 0 Å². The third-order valence-corrected chi connectivity index (χ3v) is 4.57. The molecule has 0 amide bonds. The highest BCUT2D eigenvalue weighted by Gasteiger charge is 2.41. The quantitative estimate of drug-likeness (QED) is 0.692. The Hall–Kier alpha value is -0.300. The minimum absolute atomic E-state index is 0.0758. The molecule has 3 N–H and O–H groups in total. The van der Waals surface area contributed by atoms with E-state index in [1.165, 1.54) is 0 Å². The van der Waals surface area contributed by atoms with Gasteiger partial charge in [-0.15, -0.1) is 0 Å². The number of halogens is 2. The summed E-state index contributed by atoms with van der Waals surface area (Å²) >= 11 is 0. The van der Waals surface area contributed by atoms with Crippen LogP contribution in [0.25, 0.3) is 0 Å². The lowest BCUT2D eigenvalue weighted by atomic mass is 9.85. The Bertz CT molecular complexity index is 306. The number of hydrogen-bond donors (Lipinski definition) is 3. The molecule has 1 aliphatic heterocycles. The Morgan fingerprint density at radius 1 is 1.11 bits per heavy atom. The molecule has 2 aliphatic rings. The van der Waals surface area contributed by atoms with E-state index in [-0.39, 0.29) is 31.3 Å². The van der Waals surface area contributed by atoms with E-state index < -0.39 is 24.2 Å². The van der Waals surface area contributed by atoms with Crippen LogP contribution in [-0.2, 0) is 0 Å². The fourth-order valence-corrected chi connectivity index (χ4v) is 3.10. The van der Waals surface area contributed by atoms with Crippen molar-refractivity contribution in [2.45, 2.75) is 62.9 Å². The molecule has 0 aromatic carbocycles. The van der Waals surface area contributed by atoms with Gasteiger partial charge in [0.05, 0.1) is 12.2 Å². The fourth-order valence-electron chi connectivity index (χ4n) is 3.10. The van der Waals surface area contributed by atoms with Crippen LogP contribution >= 0.6 is 0 Å². The first-order chi connectivity index (χ1) is 8.80. The number of nitrogens with zero attached hydrogens (tertiary/aromatic N) is 1. The second kappa shape index (κ2) is 5.60. The maximum absolute atomic E-state index is 13.1. The zero-order valence-electron chi connectivity index (χ0n) is 11.2. The molecule has 1 heterocycles. The number of hydrogen-bond acceptors (Lipinski definition) is 4. The third-order valence-electron chi connectivity index (χ3n) is 4.57. The van der Waals surface area contributed by atoms with Crippen LogP contribution in [0.2, 0.25) is 0 Å². The Morgan fingerprint density at radius 2 is 1.68 bits per heavy atom. The summed E-state index contributed by atoms with van der Waals surface area (Å²) in [6.07, 6.45) is -2.29. The lowest BCUT2D eigenvalue weighted by Gasteiger charge is -2.44. The largest absolute Gasteiger partial charge is 0.389 e. The number of β-amino-alcohol motifs (C(OH)–C–C–N with tert-alkyl or cyclic N) is 1. The SMILES string of the molecule is C[C@@H]1[C@@H](O)[C@H](O)[C@@H](O)CN1CC1CCC(F)(F)CC1. The van der Waals surface area contributed by atoms with Gasteiger partial charge in [-0.05, 0) is 25.7 Å². The van der Waals surface area contributed by atoms with E-state index in [0.717, 1.165) is 0 Å². The predicted molar refractivity (Wildman–Crippen MR) is 66.0 cm³/mol.